The molecule has 0 aromatic heterocycles. The average molecular weight is 374 g/mol. The van der Waals surface area contributed by atoms with Crippen molar-refractivity contribution in [3.63, 3.8) is 0 Å². The van der Waals surface area contributed by atoms with E-state index in [1.165, 1.54) is 0 Å². The maximum absolute atomic E-state index is 13.0. The molecular formula is C17H28ClN3O2S. The van der Waals surface area contributed by atoms with Gasteiger partial charge in [0, 0.05) is 37.1 Å². The van der Waals surface area contributed by atoms with E-state index in [1.807, 2.05) is 21.6 Å². The smallest absolute Gasteiger partial charge is 0.245 e. The number of amides is 2. The minimum absolute atomic E-state index is 0. The summed E-state index contributed by atoms with van der Waals surface area (Å²) >= 11 is 1.91. The summed E-state index contributed by atoms with van der Waals surface area (Å²) in [6, 6.07) is -0.176. The lowest BCUT2D eigenvalue weighted by atomic mass is 9.91. The number of hydrogen-bond acceptors (Lipinski definition) is 4. The molecule has 0 aromatic rings. The summed E-state index contributed by atoms with van der Waals surface area (Å²) in [5, 5.41) is 3.39. The Balaban J connectivity index is 0.00000169. The molecule has 1 saturated carbocycles. The van der Waals surface area contributed by atoms with Gasteiger partial charge >= 0.3 is 0 Å². The van der Waals surface area contributed by atoms with Gasteiger partial charge in [0.25, 0.3) is 0 Å². The lowest BCUT2D eigenvalue weighted by molar-refractivity contribution is -0.144. The molecule has 136 valence electrons. The molecule has 2 atom stereocenters. The third-order valence-corrected chi connectivity index (χ3v) is 7.17. The summed E-state index contributed by atoms with van der Waals surface area (Å²) < 4.78 is 0. The van der Waals surface area contributed by atoms with Crippen LogP contribution >= 0.6 is 24.2 Å². The fourth-order valence-corrected chi connectivity index (χ4v) is 5.56. The van der Waals surface area contributed by atoms with Crippen LogP contribution in [0.5, 0.6) is 0 Å². The Morgan fingerprint density at radius 3 is 2.46 bits per heavy atom. The highest BCUT2D eigenvalue weighted by Crippen LogP contribution is 2.59. The second-order valence-corrected chi connectivity index (χ2v) is 8.72. The van der Waals surface area contributed by atoms with Gasteiger partial charge in [-0.15, -0.1) is 12.4 Å². The predicted molar refractivity (Wildman–Crippen MR) is 98.5 cm³/mol. The number of carbonyl (C=O) groups is 2. The quantitative estimate of drug-likeness (QED) is 0.794. The first kappa shape index (κ1) is 18.3. The van der Waals surface area contributed by atoms with Crippen LogP contribution in [0.3, 0.4) is 0 Å². The standard InChI is InChI=1S/C17H27N3O2S.ClH/c21-15(13-12-17(13)3-5-18-6-4-17)20-7-1-2-14(20)16(22)19-8-10-23-11-9-19;/h13-14,18H,1-12H2;1H. The molecule has 0 radical (unpaired) electrons. The van der Waals surface area contributed by atoms with Gasteiger partial charge in [-0.1, -0.05) is 0 Å². The largest absolute Gasteiger partial charge is 0.339 e. The SMILES string of the molecule is Cl.O=C(C1CCCN1C(=O)C1CC12CCNCC2)N1CCSCC1. The number of hydrogen-bond donors (Lipinski definition) is 1. The minimum atomic E-state index is -0.176. The van der Waals surface area contributed by atoms with Gasteiger partial charge in [0.1, 0.15) is 6.04 Å². The van der Waals surface area contributed by atoms with Crippen LogP contribution in [0.4, 0.5) is 0 Å². The molecule has 3 saturated heterocycles. The van der Waals surface area contributed by atoms with Gasteiger partial charge in [-0.2, -0.15) is 11.8 Å². The van der Waals surface area contributed by atoms with Crippen molar-refractivity contribution in [3.8, 4) is 0 Å². The monoisotopic (exact) mass is 373 g/mol. The third-order valence-electron chi connectivity index (χ3n) is 6.23. The van der Waals surface area contributed by atoms with Gasteiger partial charge in [-0.3, -0.25) is 9.59 Å². The molecule has 1 aliphatic carbocycles. The molecule has 3 heterocycles. The predicted octanol–water partition coefficient (Wildman–Crippen LogP) is 1.36. The van der Waals surface area contributed by atoms with Crippen LogP contribution in [0.25, 0.3) is 0 Å². The van der Waals surface area contributed by atoms with E-state index in [2.05, 4.69) is 5.32 Å². The molecule has 1 spiro atoms. The van der Waals surface area contributed by atoms with Crippen LogP contribution in [-0.2, 0) is 9.59 Å². The molecule has 7 heteroatoms. The molecule has 1 N–H and O–H groups in total. The van der Waals surface area contributed by atoms with Crippen molar-refractivity contribution in [2.24, 2.45) is 11.3 Å². The van der Waals surface area contributed by atoms with Gasteiger partial charge in [0.15, 0.2) is 0 Å². The number of rotatable bonds is 2. The van der Waals surface area contributed by atoms with Crippen molar-refractivity contribution in [3.05, 3.63) is 0 Å². The normalized spacial score (nSPS) is 31.7. The molecule has 4 aliphatic rings. The lowest BCUT2D eigenvalue weighted by Gasteiger charge is -2.33. The number of carbonyl (C=O) groups excluding carboxylic acids is 2. The van der Waals surface area contributed by atoms with E-state index in [9.17, 15) is 9.59 Å². The molecule has 2 amide bonds. The lowest BCUT2D eigenvalue weighted by Crippen LogP contribution is -2.50. The van der Waals surface area contributed by atoms with Crippen molar-refractivity contribution < 1.29 is 9.59 Å². The average Bonchev–Trinajstić information content (AvgIpc) is 3.07. The van der Waals surface area contributed by atoms with Crippen LogP contribution < -0.4 is 5.32 Å². The Bertz CT molecular complexity index is 492. The fourth-order valence-electron chi connectivity index (χ4n) is 4.66. The summed E-state index contributed by atoms with van der Waals surface area (Å²) in [5.41, 5.74) is 0.264. The van der Waals surface area contributed by atoms with Crippen molar-refractivity contribution in [1.29, 1.82) is 0 Å². The van der Waals surface area contributed by atoms with E-state index >= 15 is 0 Å². The zero-order valence-corrected chi connectivity index (χ0v) is 15.8. The molecule has 24 heavy (non-hydrogen) atoms. The molecule has 4 rings (SSSR count). The Morgan fingerprint density at radius 1 is 1.04 bits per heavy atom. The molecule has 0 bridgehead atoms. The first-order valence-electron chi connectivity index (χ1n) is 9.09. The van der Waals surface area contributed by atoms with Gasteiger partial charge in [-0.05, 0) is 50.6 Å². The Hall–Kier alpha value is -0.460. The van der Waals surface area contributed by atoms with Crippen LogP contribution in [0, 0.1) is 11.3 Å². The van der Waals surface area contributed by atoms with Crippen molar-refractivity contribution in [2.45, 2.75) is 38.1 Å². The number of thioether (sulfide) groups is 1. The van der Waals surface area contributed by atoms with Crippen LogP contribution in [0.1, 0.15) is 32.1 Å². The topological polar surface area (TPSA) is 52.7 Å². The van der Waals surface area contributed by atoms with Gasteiger partial charge < -0.3 is 15.1 Å². The molecule has 0 aromatic carbocycles. The zero-order valence-electron chi connectivity index (χ0n) is 14.2. The van der Waals surface area contributed by atoms with Gasteiger partial charge in [-0.25, -0.2) is 0 Å². The number of likely N-dealkylation sites (tertiary alicyclic amines) is 1. The van der Waals surface area contributed by atoms with E-state index in [1.54, 1.807) is 0 Å². The van der Waals surface area contributed by atoms with E-state index in [-0.39, 0.29) is 41.6 Å². The maximum atomic E-state index is 13.0. The fraction of sp³-hybridized carbons (Fsp3) is 0.882. The summed E-state index contributed by atoms with van der Waals surface area (Å²) in [6.45, 7) is 4.56. The molecular weight excluding hydrogens is 346 g/mol. The summed E-state index contributed by atoms with van der Waals surface area (Å²) in [5.74, 6) is 2.73. The number of nitrogens with zero attached hydrogens (tertiary/aromatic N) is 2. The van der Waals surface area contributed by atoms with Crippen LogP contribution in [-0.4, -0.2) is 71.9 Å². The molecule has 3 aliphatic heterocycles. The van der Waals surface area contributed by atoms with Crippen LogP contribution in [0.15, 0.2) is 0 Å². The second-order valence-electron chi connectivity index (χ2n) is 7.50. The zero-order chi connectivity index (χ0) is 15.9. The third kappa shape index (κ3) is 3.29. The second kappa shape index (κ2) is 7.42. The first-order chi connectivity index (χ1) is 11.2. The summed E-state index contributed by atoms with van der Waals surface area (Å²) in [7, 11) is 0. The highest BCUT2D eigenvalue weighted by molar-refractivity contribution is 7.99. The number of piperidine rings is 1. The van der Waals surface area contributed by atoms with Crippen molar-refractivity contribution in [2.75, 3.05) is 44.2 Å². The van der Waals surface area contributed by atoms with E-state index in [0.29, 0.717) is 0 Å². The minimum Gasteiger partial charge on any atom is -0.339 e. The summed E-state index contributed by atoms with van der Waals surface area (Å²) in [6.07, 6.45) is 5.13. The van der Waals surface area contributed by atoms with E-state index < -0.39 is 0 Å². The Kier molecular flexibility index (Phi) is 5.67. The summed E-state index contributed by atoms with van der Waals surface area (Å²) in [4.78, 5) is 29.8. The van der Waals surface area contributed by atoms with Crippen LogP contribution in [0.2, 0.25) is 0 Å². The molecule has 4 fully saturated rings. The van der Waals surface area contributed by atoms with Crippen molar-refractivity contribution >= 4 is 36.0 Å². The Morgan fingerprint density at radius 2 is 1.75 bits per heavy atom. The van der Waals surface area contributed by atoms with Gasteiger partial charge in [0.05, 0.1) is 0 Å². The Labute approximate surface area is 154 Å². The van der Waals surface area contributed by atoms with Crippen molar-refractivity contribution in [1.82, 2.24) is 15.1 Å². The number of nitrogens with one attached hydrogen (secondary N) is 1. The van der Waals surface area contributed by atoms with Gasteiger partial charge in [0.2, 0.25) is 11.8 Å². The maximum Gasteiger partial charge on any atom is 0.245 e. The van der Waals surface area contributed by atoms with E-state index in [4.69, 9.17) is 0 Å². The highest BCUT2D eigenvalue weighted by atomic mass is 35.5. The highest BCUT2D eigenvalue weighted by Gasteiger charge is 2.59. The molecule has 5 nitrogen and oxygen atoms in total. The van der Waals surface area contributed by atoms with E-state index in [0.717, 1.165) is 76.3 Å². The first-order valence-corrected chi connectivity index (χ1v) is 10.2. The molecule has 2 unspecified atom stereocenters. The number of halogens is 1.